The molecule has 0 aliphatic heterocycles. The van der Waals surface area contributed by atoms with Crippen LogP contribution >= 0.6 is 0 Å². The van der Waals surface area contributed by atoms with Crippen LogP contribution in [0, 0.1) is 6.92 Å². The lowest BCUT2D eigenvalue weighted by atomic mass is 10.0. The fourth-order valence-corrected chi connectivity index (χ4v) is 1.97. The maximum atomic E-state index is 12.0. The third-order valence-corrected chi connectivity index (χ3v) is 3.08. The SMILES string of the molecule is C=C(CC(=O)Nc1ccccc1C)c1ccccc1O. The van der Waals surface area contributed by atoms with Crippen molar-refractivity contribution in [3.8, 4) is 5.75 Å². The fourth-order valence-electron chi connectivity index (χ4n) is 1.97. The smallest absolute Gasteiger partial charge is 0.228 e. The average Bonchev–Trinajstić information content (AvgIpc) is 2.41. The summed E-state index contributed by atoms with van der Waals surface area (Å²) in [5.74, 6) is -0.00579. The van der Waals surface area contributed by atoms with Crippen LogP contribution in [0.15, 0.2) is 55.1 Å². The van der Waals surface area contributed by atoms with Gasteiger partial charge in [0.2, 0.25) is 5.91 Å². The highest BCUT2D eigenvalue weighted by molar-refractivity contribution is 5.98. The monoisotopic (exact) mass is 267 g/mol. The van der Waals surface area contributed by atoms with Crippen LogP contribution in [0.1, 0.15) is 17.5 Å². The highest BCUT2D eigenvalue weighted by atomic mass is 16.3. The number of benzene rings is 2. The van der Waals surface area contributed by atoms with E-state index >= 15 is 0 Å². The third-order valence-electron chi connectivity index (χ3n) is 3.08. The van der Waals surface area contributed by atoms with E-state index in [1.807, 2.05) is 31.2 Å². The normalized spacial score (nSPS) is 10.1. The molecule has 0 aliphatic carbocycles. The molecule has 2 N–H and O–H groups in total. The number of rotatable bonds is 4. The van der Waals surface area contributed by atoms with Crippen molar-refractivity contribution >= 4 is 17.2 Å². The first kappa shape index (κ1) is 13.9. The second-order valence-electron chi connectivity index (χ2n) is 4.66. The summed E-state index contributed by atoms with van der Waals surface area (Å²) in [4.78, 5) is 12.0. The topological polar surface area (TPSA) is 49.3 Å². The Balaban J connectivity index is 2.04. The van der Waals surface area contributed by atoms with Gasteiger partial charge in [-0.05, 0) is 30.2 Å². The first-order chi connectivity index (χ1) is 9.58. The zero-order chi connectivity index (χ0) is 14.5. The van der Waals surface area contributed by atoms with Crippen LogP contribution < -0.4 is 5.32 Å². The van der Waals surface area contributed by atoms with E-state index in [1.54, 1.807) is 24.3 Å². The van der Waals surface area contributed by atoms with Crippen LogP contribution in [0.25, 0.3) is 5.57 Å². The number of nitrogens with one attached hydrogen (secondary N) is 1. The largest absolute Gasteiger partial charge is 0.507 e. The third kappa shape index (κ3) is 3.26. The van der Waals surface area contributed by atoms with E-state index in [0.29, 0.717) is 11.1 Å². The van der Waals surface area contributed by atoms with Crippen LogP contribution in [-0.4, -0.2) is 11.0 Å². The molecular weight excluding hydrogens is 250 g/mol. The number of anilines is 1. The van der Waals surface area contributed by atoms with Gasteiger partial charge in [-0.2, -0.15) is 0 Å². The molecule has 2 aromatic carbocycles. The van der Waals surface area contributed by atoms with Gasteiger partial charge in [-0.25, -0.2) is 0 Å². The number of amides is 1. The number of carbonyl (C=O) groups excluding carboxylic acids is 1. The number of hydrogen-bond acceptors (Lipinski definition) is 2. The summed E-state index contributed by atoms with van der Waals surface area (Å²) in [6.45, 7) is 5.81. The van der Waals surface area contributed by atoms with Crippen LogP contribution in [-0.2, 0) is 4.79 Å². The zero-order valence-corrected chi connectivity index (χ0v) is 11.4. The molecule has 0 saturated heterocycles. The Hall–Kier alpha value is -2.55. The standard InChI is InChI=1S/C17H17NO2/c1-12-7-3-5-9-15(12)18-17(20)11-13(2)14-8-4-6-10-16(14)19/h3-10,19H,2,11H2,1H3,(H,18,20). The second kappa shape index (κ2) is 6.06. The number of aryl methyl sites for hydroxylation is 1. The van der Waals surface area contributed by atoms with Crippen LogP contribution in [0.2, 0.25) is 0 Å². The van der Waals surface area contributed by atoms with Crippen molar-refractivity contribution in [1.29, 1.82) is 0 Å². The lowest BCUT2D eigenvalue weighted by Gasteiger charge is -2.10. The number of phenolic OH excluding ortho intramolecular Hbond substituents is 1. The van der Waals surface area contributed by atoms with Gasteiger partial charge >= 0.3 is 0 Å². The molecule has 0 spiro atoms. The van der Waals surface area contributed by atoms with Gasteiger partial charge in [-0.1, -0.05) is 43.0 Å². The second-order valence-corrected chi connectivity index (χ2v) is 4.66. The molecule has 3 heteroatoms. The molecule has 3 nitrogen and oxygen atoms in total. The minimum absolute atomic E-state index is 0.140. The van der Waals surface area contributed by atoms with Crippen LogP contribution in [0.4, 0.5) is 5.69 Å². The first-order valence-corrected chi connectivity index (χ1v) is 6.39. The summed E-state index contributed by atoms with van der Waals surface area (Å²) >= 11 is 0. The Kier molecular flexibility index (Phi) is 4.20. The van der Waals surface area contributed by atoms with Gasteiger partial charge in [-0.15, -0.1) is 0 Å². The van der Waals surface area contributed by atoms with Crippen molar-refractivity contribution < 1.29 is 9.90 Å². The van der Waals surface area contributed by atoms with Crippen LogP contribution in [0.5, 0.6) is 5.75 Å². The van der Waals surface area contributed by atoms with E-state index in [9.17, 15) is 9.90 Å². The number of phenols is 1. The molecule has 0 heterocycles. The number of hydrogen-bond donors (Lipinski definition) is 2. The minimum atomic E-state index is -0.146. The minimum Gasteiger partial charge on any atom is -0.507 e. The highest BCUT2D eigenvalue weighted by Gasteiger charge is 2.10. The van der Waals surface area contributed by atoms with E-state index in [2.05, 4.69) is 11.9 Å². The Morgan fingerprint density at radius 2 is 1.80 bits per heavy atom. The number of aromatic hydroxyl groups is 1. The Bertz CT molecular complexity index is 647. The van der Waals surface area contributed by atoms with E-state index in [0.717, 1.165) is 11.3 Å². The van der Waals surface area contributed by atoms with Gasteiger partial charge in [0.05, 0.1) is 6.42 Å². The molecule has 0 atom stereocenters. The van der Waals surface area contributed by atoms with Crippen molar-refractivity contribution in [1.82, 2.24) is 0 Å². The Morgan fingerprint density at radius 1 is 1.15 bits per heavy atom. The summed E-state index contributed by atoms with van der Waals surface area (Å²) in [5.41, 5.74) is 3.00. The fraction of sp³-hybridized carbons (Fsp3) is 0.118. The molecule has 0 unspecified atom stereocenters. The molecule has 20 heavy (non-hydrogen) atoms. The van der Waals surface area contributed by atoms with E-state index < -0.39 is 0 Å². The summed E-state index contributed by atoms with van der Waals surface area (Å²) in [5, 5.41) is 12.6. The van der Waals surface area contributed by atoms with Gasteiger partial charge in [0.1, 0.15) is 5.75 Å². The molecule has 102 valence electrons. The molecule has 0 aromatic heterocycles. The summed E-state index contributed by atoms with van der Waals surface area (Å²) < 4.78 is 0. The highest BCUT2D eigenvalue weighted by Crippen LogP contribution is 2.26. The lowest BCUT2D eigenvalue weighted by Crippen LogP contribution is -2.12. The molecule has 2 rings (SSSR count). The lowest BCUT2D eigenvalue weighted by molar-refractivity contribution is -0.115. The molecule has 0 saturated carbocycles. The van der Waals surface area contributed by atoms with Gasteiger partial charge in [0, 0.05) is 11.3 Å². The Morgan fingerprint density at radius 3 is 2.50 bits per heavy atom. The molecule has 2 aromatic rings. The molecule has 0 aliphatic rings. The maximum Gasteiger partial charge on any atom is 0.228 e. The van der Waals surface area contributed by atoms with E-state index in [4.69, 9.17) is 0 Å². The van der Waals surface area contributed by atoms with Crippen LogP contribution in [0.3, 0.4) is 0 Å². The number of para-hydroxylation sites is 2. The van der Waals surface area contributed by atoms with Crippen molar-refractivity contribution in [2.75, 3.05) is 5.32 Å². The van der Waals surface area contributed by atoms with Crippen molar-refractivity contribution in [2.24, 2.45) is 0 Å². The predicted molar refractivity (Wildman–Crippen MR) is 81.6 cm³/mol. The van der Waals surface area contributed by atoms with E-state index in [-0.39, 0.29) is 18.1 Å². The molecular formula is C17H17NO2. The Labute approximate surface area is 118 Å². The molecule has 0 bridgehead atoms. The average molecular weight is 267 g/mol. The van der Waals surface area contributed by atoms with E-state index in [1.165, 1.54) is 0 Å². The predicted octanol–water partition coefficient (Wildman–Crippen LogP) is 3.74. The molecule has 0 fully saturated rings. The van der Waals surface area contributed by atoms with Crippen molar-refractivity contribution in [3.05, 3.63) is 66.2 Å². The first-order valence-electron chi connectivity index (χ1n) is 6.39. The van der Waals surface area contributed by atoms with Crippen molar-refractivity contribution in [2.45, 2.75) is 13.3 Å². The van der Waals surface area contributed by atoms with Gasteiger partial charge in [0.25, 0.3) is 0 Å². The maximum absolute atomic E-state index is 12.0. The van der Waals surface area contributed by atoms with Crippen molar-refractivity contribution in [3.63, 3.8) is 0 Å². The number of carbonyl (C=O) groups is 1. The summed E-state index contributed by atoms with van der Waals surface area (Å²) in [6.07, 6.45) is 0.145. The van der Waals surface area contributed by atoms with Gasteiger partial charge in [0.15, 0.2) is 0 Å². The van der Waals surface area contributed by atoms with Gasteiger partial charge in [-0.3, -0.25) is 4.79 Å². The summed E-state index contributed by atoms with van der Waals surface area (Å²) in [7, 11) is 0. The molecule has 0 radical (unpaired) electrons. The quantitative estimate of drug-likeness (QED) is 0.886. The van der Waals surface area contributed by atoms with Gasteiger partial charge < -0.3 is 10.4 Å². The molecule has 1 amide bonds. The summed E-state index contributed by atoms with van der Waals surface area (Å²) in [6, 6.07) is 14.5. The zero-order valence-electron chi connectivity index (χ0n) is 11.4.